The second kappa shape index (κ2) is 6.04. The third-order valence-electron chi connectivity index (χ3n) is 5.40. The summed E-state index contributed by atoms with van der Waals surface area (Å²) in [6.07, 6.45) is 2.11. The average molecular weight is 348 g/mol. The van der Waals surface area contributed by atoms with Crippen molar-refractivity contribution in [2.75, 3.05) is 13.2 Å². The summed E-state index contributed by atoms with van der Waals surface area (Å²) in [4.78, 5) is 17.8. The summed E-state index contributed by atoms with van der Waals surface area (Å²) in [5, 5.41) is 0.664. The summed E-state index contributed by atoms with van der Waals surface area (Å²) in [6, 6.07) is 16.1. The van der Waals surface area contributed by atoms with Gasteiger partial charge in [-0.1, -0.05) is 36.4 Å². The molecular weight excluding hydrogens is 328 g/mol. The predicted octanol–water partition coefficient (Wildman–Crippen LogP) is 3.14. The van der Waals surface area contributed by atoms with Crippen molar-refractivity contribution in [2.24, 2.45) is 0 Å². The molecule has 3 heterocycles. The molecular formula is C21H20N2O3. The molecule has 5 nitrogen and oxygen atoms in total. The summed E-state index contributed by atoms with van der Waals surface area (Å²) in [5.74, 6) is 0.283. The van der Waals surface area contributed by atoms with E-state index >= 15 is 0 Å². The molecule has 2 aromatic carbocycles. The van der Waals surface area contributed by atoms with Crippen molar-refractivity contribution in [3.63, 3.8) is 0 Å². The van der Waals surface area contributed by atoms with Crippen molar-refractivity contribution in [3.05, 3.63) is 64.7 Å². The Kier molecular flexibility index (Phi) is 3.65. The third-order valence-corrected chi connectivity index (χ3v) is 5.40. The van der Waals surface area contributed by atoms with Gasteiger partial charge in [0.1, 0.15) is 5.82 Å². The number of aryl methyl sites for hydroxylation is 1. The monoisotopic (exact) mass is 348 g/mol. The fraction of sp³-hybridized carbons (Fsp3) is 0.333. The first-order valence-electron chi connectivity index (χ1n) is 9.11. The maximum Gasteiger partial charge on any atom is 0.261 e. The van der Waals surface area contributed by atoms with Crippen LogP contribution in [0.3, 0.4) is 0 Å². The molecule has 0 amide bonds. The quantitative estimate of drug-likeness (QED) is 0.678. The van der Waals surface area contributed by atoms with Crippen LogP contribution in [0.5, 0.6) is 0 Å². The summed E-state index contributed by atoms with van der Waals surface area (Å²) in [5.41, 5.74) is 2.98. The molecule has 0 saturated carbocycles. The van der Waals surface area contributed by atoms with E-state index in [1.807, 2.05) is 36.4 Å². The number of aromatic nitrogens is 2. The minimum Gasteiger partial charge on any atom is -0.347 e. The molecule has 3 aromatic rings. The number of hydrogen-bond acceptors (Lipinski definition) is 4. The van der Waals surface area contributed by atoms with Crippen molar-refractivity contribution in [1.82, 2.24) is 9.55 Å². The van der Waals surface area contributed by atoms with Crippen molar-refractivity contribution in [2.45, 2.75) is 31.6 Å². The molecule has 1 saturated heterocycles. The normalized spacial score (nSPS) is 18.8. The lowest BCUT2D eigenvalue weighted by atomic mass is 10.0. The molecule has 0 unspecified atom stereocenters. The van der Waals surface area contributed by atoms with Gasteiger partial charge in [-0.2, -0.15) is 0 Å². The fourth-order valence-corrected chi connectivity index (χ4v) is 3.99. The standard InChI is InChI=1S/C21H20N2O3/c24-20-17-7-6-16(15-4-2-1-3-5-15)14-18(17)22-19-8-9-21(10-11-23(19)20)25-12-13-26-21/h1-7,14H,8-13H2. The summed E-state index contributed by atoms with van der Waals surface area (Å²) >= 11 is 0. The highest BCUT2D eigenvalue weighted by Crippen LogP contribution is 2.32. The average Bonchev–Trinajstić information content (AvgIpc) is 3.07. The number of nitrogens with zero attached hydrogens (tertiary/aromatic N) is 2. The van der Waals surface area contributed by atoms with Crippen LogP contribution in [0, 0.1) is 0 Å². The van der Waals surface area contributed by atoms with Crippen LogP contribution in [0.1, 0.15) is 18.7 Å². The minimum absolute atomic E-state index is 0.0275. The number of rotatable bonds is 1. The van der Waals surface area contributed by atoms with Gasteiger partial charge in [-0.3, -0.25) is 9.36 Å². The van der Waals surface area contributed by atoms with Gasteiger partial charge in [-0.15, -0.1) is 0 Å². The van der Waals surface area contributed by atoms with Crippen LogP contribution >= 0.6 is 0 Å². The zero-order valence-electron chi connectivity index (χ0n) is 14.5. The Morgan fingerprint density at radius 1 is 0.962 bits per heavy atom. The molecule has 1 fully saturated rings. The highest BCUT2D eigenvalue weighted by Gasteiger charge is 2.38. The molecule has 26 heavy (non-hydrogen) atoms. The Bertz CT molecular complexity index is 1020. The van der Waals surface area contributed by atoms with Gasteiger partial charge in [0, 0.05) is 25.8 Å². The van der Waals surface area contributed by atoms with Crippen LogP contribution in [0.2, 0.25) is 0 Å². The van der Waals surface area contributed by atoms with Crippen molar-refractivity contribution in [1.29, 1.82) is 0 Å². The van der Waals surface area contributed by atoms with E-state index in [9.17, 15) is 4.79 Å². The van der Waals surface area contributed by atoms with Gasteiger partial charge < -0.3 is 9.47 Å². The van der Waals surface area contributed by atoms with E-state index in [1.165, 1.54) is 0 Å². The van der Waals surface area contributed by atoms with E-state index in [0.29, 0.717) is 38.0 Å². The minimum atomic E-state index is -0.540. The lowest BCUT2D eigenvalue weighted by Gasteiger charge is -2.24. The second-order valence-corrected chi connectivity index (χ2v) is 6.94. The zero-order valence-corrected chi connectivity index (χ0v) is 14.5. The summed E-state index contributed by atoms with van der Waals surface area (Å²) in [6.45, 7) is 1.83. The molecule has 2 aliphatic rings. The van der Waals surface area contributed by atoms with Gasteiger partial charge in [0.15, 0.2) is 5.79 Å². The number of benzene rings is 2. The first-order chi connectivity index (χ1) is 12.7. The van der Waals surface area contributed by atoms with E-state index in [2.05, 4.69) is 12.1 Å². The topological polar surface area (TPSA) is 53.4 Å². The van der Waals surface area contributed by atoms with Gasteiger partial charge in [0.25, 0.3) is 5.56 Å². The lowest BCUT2D eigenvalue weighted by molar-refractivity contribution is -0.165. The Balaban J connectivity index is 1.60. The van der Waals surface area contributed by atoms with Crippen LogP contribution in [-0.2, 0) is 22.4 Å². The zero-order chi connectivity index (χ0) is 17.6. The second-order valence-electron chi connectivity index (χ2n) is 6.94. The number of fused-ring (bicyclic) bond motifs is 2. The highest BCUT2D eigenvalue weighted by atomic mass is 16.7. The van der Waals surface area contributed by atoms with Gasteiger partial charge in [-0.25, -0.2) is 4.98 Å². The fourth-order valence-electron chi connectivity index (χ4n) is 3.99. The Morgan fingerprint density at radius 2 is 1.77 bits per heavy atom. The third kappa shape index (κ3) is 2.55. The predicted molar refractivity (Wildman–Crippen MR) is 99.0 cm³/mol. The van der Waals surface area contributed by atoms with E-state index in [0.717, 1.165) is 28.9 Å². The summed E-state index contributed by atoms with van der Waals surface area (Å²) in [7, 11) is 0. The van der Waals surface area contributed by atoms with Crippen molar-refractivity contribution in [3.8, 4) is 11.1 Å². The van der Waals surface area contributed by atoms with Gasteiger partial charge in [0.05, 0.1) is 24.1 Å². The van der Waals surface area contributed by atoms with Crippen LogP contribution in [0.15, 0.2) is 53.3 Å². The van der Waals surface area contributed by atoms with Crippen LogP contribution < -0.4 is 5.56 Å². The molecule has 1 aromatic heterocycles. The SMILES string of the molecule is O=c1c2ccc(-c3ccccc3)cc2nc2n1CCC1(CC2)OCCO1. The molecule has 0 bridgehead atoms. The molecule has 1 spiro atoms. The van der Waals surface area contributed by atoms with Gasteiger partial charge >= 0.3 is 0 Å². The molecule has 5 rings (SSSR count). The maximum absolute atomic E-state index is 13.0. The Hall–Kier alpha value is -2.50. The number of hydrogen-bond donors (Lipinski definition) is 0. The van der Waals surface area contributed by atoms with E-state index in [4.69, 9.17) is 14.5 Å². The Labute approximate surface area is 151 Å². The van der Waals surface area contributed by atoms with Crippen LogP contribution in [-0.4, -0.2) is 28.6 Å². The van der Waals surface area contributed by atoms with Crippen LogP contribution in [0.25, 0.3) is 22.0 Å². The first kappa shape index (κ1) is 15.7. The highest BCUT2D eigenvalue weighted by molar-refractivity contribution is 5.83. The van der Waals surface area contributed by atoms with Gasteiger partial charge in [-0.05, 0) is 23.3 Å². The summed E-state index contributed by atoms with van der Waals surface area (Å²) < 4.78 is 13.5. The largest absolute Gasteiger partial charge is 0.347 e. The molecule has 0 radical (unpaired) electrons. The molecule has 132 valence electrons. The molecule has 0 aliphatic carbocycles. The smallest absolute Gasteiger partial charge is 0.261 e. The van der Waals surface area contributed by atoms with Gasteiger partial charge in [0.2, 0.25) is 0 Å². The molecule has 2 aliphatic heterocycles. The molecule has 0 atom stereocenters. The van der Waals surface area contributed by atoms with E-state index < -0.39 is 5.79 Å². The first-order valence-corrected chi connectivity index (χ1v) is 9.11. The van der Waals surface area contributed by atoms with Crippen LogP contribution in [0.4, 0.5) is 0 Å². The van der Waals surface area contributed by atoms with E-state index in [-0.39, 0.29) is 5.56 Å². The number of ether oxygens (including phenoxy) is 2. The maximum atomic E-state index is 13.0. The molecule has 5 heteroatoms. The lowest BCUT2D eigenvalue weighted by Crippen LogP contribution is -2.31. The Morgan fingerprint density at radius 3 is 2.58 bits per heavy atom. The van der Waals surface area contributed by atoms with Crippen molar-refractivity contribution < 1.29 is 9.47 Å². The van der Waals surface area contributed by atoms with E-state index in [1.54, 1.807) is 4.57 Å². The molecule has 0 N–H and O–H groups in total. The van der Waals surface area contributed by atoms with Crippen molar-refractivity contribution >= 4 is 10.9 Å².